The van der Waals surface area contributed by atoms with Gasteiger partial charge in [-0.2, -0.15) is 0 Å². The van der Waals surface area contributed by atoms with Crippen LogP contribution < -0.4 is 5.32 Å². The van der Waals surface area contributed by atoms with Gasteiger partial charge in [-0.05, 0) is 6.92 Å². The Morgan fingerprint density at radius 2 is 1.88 bits per heavy atom. The standard InChI is InChI=1S/C10H21NO5/c1-2-14-5-6-15-7-8-16-10(13)9-11-3-4-12/h11-12H,2-9H2,1H3. The van der Waals surface area contributed by atoms with Gasteiger partial charge in [0, 0.05) is 13.2 Å². The summed E-state index contributed by atoms with van der Waals surface area (Å²) in [5, 5.41) is 11.2. The minimum atomic E-state index is -0.346. The van der Waals surface area contributed by atoms with E-state index in [1.165, 1.54) is 0 Å². The minimum Gasteiger partial charge on any atom is -0.462 e. The third-order valence-electron chi connectivity index (χ3n) is 1.62. The van der Waals surface area contributed by atoms with Crippen LogP contribution in [0, 0.1) is 0 Å². The van der Waals surface area contributed by atoms with Gasteiger partial charge in [0.15, 0.2) is 0 Å². The van der Waals surface area contributed by atoms with Crippen LogP contribution in [-0.4, -0.2) is 63.8 Å². The summed E-state index contributed by atoms with van der Waals surface area (Å²) < 4.78 is 15.1. The van der Waals surface area contributed by atoms with Crippen molar-refractivity contribution in [2.24, 2.45) is 0 Å². The lowest BCUT2D eigenvalue weighted by molar-refractivity contribution is -0.144. The van der Waals surface area contributed by atoms with Gasteiger partial charge in [-0.1, -0.05) is 0 Å². The smallest absolute Gasteiger partial charge is 0.320 e. The average molecular weight is 235 g/mol. The van der Waals surface area contributed by atoms with Gasteiger partial charge in [-0.3, -0.25) is 4.79 Å². The van der Waals surface area contributed by atoms with Crippen LogP contribution in [0.4, 0.5) is 0 Å². The Balaban J connectivity index is 3.09. The van der Waals surface area contributed by atoms with Crippen molar-refractivity contribution in [2.75, 3.05) is 52.7 Å². The number of carbonyl (C=O) groups is 1. The second-order valence-corrected chi connectivity index (χ2v) is 2.93. The fourth-order valence-corrected chi connectivity index (χ4v) is 0.899. The SMILES string of the molecule is CCOCCOCCOC(=O)CNCCO. The van der Waals surface area contributed by atoms with Crippen molar-refractivity contribution in [3.05, 3.63) is 0 Å². The first-order valence-corrected chi connectivity index (χ1v) is 5.44. The van der Waals surface area contributed by atoms with E-state index in [1.807, 2.05) is 6.92 Å². The predicted octanol–water partition coefficient (Wildman–Crippen LogP) is -0.835. The number of ether oxygens (including phenoxy) is 3. The molecule has 6 nitrogen and oxygen atoms in total. The topological polar surface area (TPSA) is 77.0 Å². The molecule has 16 heavy (non-hydrogen) atoms. The quantitative estimate of drug-likeness (QED) is 0.359. The Hall–Kier alpha value is -0.690. The van der Waals surface area contributed by atoms with Gasteiger partial charge in [0.2, 0.25) is 0 Å². The lowest BCUT2D eigenvalue weighted by atomic mass is 10.6. The van der Waals surface area contributed by atoms with E-state index in [2.05, 4.69) is 5.32 Å². The molecule has 6 heteroatoms. The number of aliphatic hydroxyl groups is 1. The molecular weight excluding hydrogens is 214 g/mol. The molecule has 0 rings (SSSR count). The van der Waals surface area contributed by atoms with Crippen molar-refractivity contribution < 1.29 is 24.1 Å². The van der Waals surface area contributed by atoms with E-state index in [4.69, 9.17) is 19.3 Å². The van der Waals surface area contributed by atoms with Crippen LogP contribution in [0.1, 0.15) is 6.92 Å². The summed E-state index contributed by atoms with van der Waals surface area (Å²) in [6, 6.07) is 0. The molecule has 0 atom stereocenters. The second kappa shape index (κ2) is 12.4. The highest BCUT2D eigenvalue weighted by Crippen LogP contribution is 1.81. The molecule has 0 spiro atoms. The van der Waals surface area contributed by atoms with Crippen molar-refractivity contribution in [3.63, 3.8) is 0 Å². The maximum Gasteiger partial charge on any atom is 0.320 e. The Bertz CT molecular complexity index is 165. The minimum absolute atomic E-state index is 0.00776. The summed E-state index contributed by atoms with van der Waals surface area (Å²) in [5.74, 6) is -0.346. The second-order valence-electron chi connectivity index (χ2n) is 2.93. The van der Waals surface area contributed by atoms with Gasteiger partial charge in [0.1, 0.15) is 6.61 Å². The maximum absolute atomic E-state index is 11.0. The van der Waals surface area contributed by atoms with E-state index >= 15 is 0 Å². The lowest BCUT2D eigenvalue weighted by Crippen LogP contribution is -2.28. The van der Waals surface area contributed by atoms with Crippen molar-refractivity contribution in [3.8, 4) is 0 Å². The Morgan fingerprint density at radius 1 is 1.19 bits per heavy atom. The maximum atomic E-state index is 11.0. The molecule has 0 unspecified atom stereocenters. The monoisotopic (exact) mass is 235 g/mol. The Morgan fingerprint density at radius 3 is 2.56 bits per heavy atom. The molecule has 0 aromatic heterocycles. The van der Waals surface area contributed by atoms with Crippen molar-refractivity contribution in [2.45, 2.75) is 6.92 Å². The van der Waals surface area contributed by atoms with Crippen molar-refractivity contribution >= 4 is 5.97 Å². The van der Waals surface area contributed by atoms with Crippen LogP contribution in [0.2, 0.25) is 0 Å². The van der Waals surface area contributed by atoms with Gasteiger partial charge in [0.25, 0.3) is 0 Å². The first-order valence-electron chi connectivity index (χ1n) is 5.44. The third kappa shape index (κ3) is 11.4. The highest BCUT2D eigenvalue weighted by Gasteiger charge is 2.00. The van der Waals surface area contributed by atoms with Crippen LogP contribution in [-0.2, 0) is 19.0 Å². The van der Waals surface area contributed by atoms with E-state index in [-0.39, 0.29) is 25.7 Å². The molecule has 96 valence electrons. The number of carbonyl (C=O) groups excluding carboxylic acids is 1. The largest absolute Gasteiger partial charge is 0.462 e. The van der Waals surface area contributed by atoms with E-state index in [1.54, 1.807) is 0 Å². The molecular formula is C10H21NO5. The highest BCUT2D eigenvalue weighted by atomic mass is 16.6. The van der Waals surface area contributed by atoms with Crippen LogP contribution >= 0.6 is 0 Å². The summed E-state index contributed by atoms with van der Waals surface area (Å²) in [6.07, 6.45) is 0. The molecule has 0 aromatic rings. The molecule has 0 fully saturated rings. The molecule has 0 aliphatic heterocycles. The van der Waals surface area contributed by atoms with Gasteiger partial charge in [-0.15, -0.1) is 0 Å². The van der Waals surface area contributed by atoms with Crippen LogP contribution in [0.5, 0.6) is 0 Å². The molecule has 0 radical (unpaired) electrons. The molecule has 0 amide bonds. The molecule has 0 saturated heterocycles. The zero-order valence-corrected chi connectivity index (χ0v) is 9.74. The van der Waals surface area contributed by atoms with Crippen LogP contribution in [0.25, 0.3) is 0 Å². The van der Waals surface area contributed by atoms with E-state index in [9.17, 15) is 4.79 Å². The van der Waals surface area contributed by atoms with Gasteiger partial charge in [-0.25, -0.2) is 0 Å². The molecule has 2 N–H and O–H groups in total. The normalized spacial score (nSPS) is 10.4. The fourth-order valence-electron chi connectivity index (χ4n) is 0.899. The van der Waals surface area contributed by atoms with Gasteiger partial charge < -0.3 is 24.6 Å². The predicted molar refractivity (Wildman–Crippen MR) is 58.2 cm³/mol. The summed E-state index contributed by atoms with van der Waals surface area (Å²) in [4.78, 5) is 11.0. The third-order valence-corrected chi connectivity index (χ3v) is 1.62. The number of hydrogen-bond donors (Lipinski definition) is 2. The highest BCUT2D eigenvalue weighted by molar-refractivity contribution is 5.71. The zero-order valence-electron chi connectivity index (χ0n) is 9.74. The summed E-state index contributed by atoms with van der Waals surface area (Å²) in [7, 11) is 0. The number of hydrogen-bond acceptors (Lipinski definition) is 6. The molecule has 0 bridgehead atoms. The molecule has 0 aromatic carbocycles. The van der Waals surface area contributed by atoms with E-state index in [0.717, 1.165) is 0 Å². The number of esters is 1. The van der Waals surface area contributed by atoms with Crippen LogP contribution in [0.15, 0.2) is 0 Å². The first kappa shape index (κ1) is 15.3. The zero-order chi connectivity index (χ0) is 12.1. The summed E-state index contributed by atoms with van der Waals surface area (Å²) in [6.45, 7) is 4.78. The molecule has 0 aliphatic rings. The number of nitrogens with one attached hydrogen (secondary N) is 1. The van der Waals surface area contributed by atoms with E-state index < -0.39 is 0 Å². The average Bonchev–Trinajstić information content (AvgIpc) is 2.28. The lowest BCUT2D eigenvalue weighted by Gasteiger charge is -2.06. The van der Waals surface area contributed by atoms with Crippen LogP contribution in [0.3, 0.4) is 0 Å². The van der Waals surface area contributed by atoms with E-state index in [0.29, 0.717) is 33.0 Å². The molecule has 0 saturated carbocycles. The fraction of sp³-hybridized carbons (Fsp3) is 0.900. The molecule has 0 aliphatic carbocycles. The first-order chi connectivity index (χ1) is 7.81. The number of rotatable bonds is 11. The Labute approximate surface area is 95.9 Å². The van der Waals surface area contributed by atoms with Gasteiger partial charge in [0.05, 0.1) is 33.0 Å². The number of aliphatic hydroxyl groups excluding tert-OH is 1. The van der Waals surface area contributed by atoms with Crippen molar-refractivity contribution in [1.29, 1.82) is 0 Å². The molecule has 0 heterocycles. The summed E-state index contributed by atoms with van der Waals surface area (Å²) >= 11 is 0. The van der Waals surface area contributed by atoms with Crippen molar-refractivity contribution in [1.82, 2.24) is 5.32 Å². The Kier molecular flexibility index (Phi) is 11.8. The van der Waals surface area contributed by atoms with Gasteiger partial charge >= 0.3 is 5.97 Å². The summed E-state index contributed by atoms with van der Waals surface area (Å²) in [5.41, 5.74) is 0.